The lowest BCUT2D eigenvalue weighted by atomic mass is 10.0. The highest BCUT2D eigenvalue weighted by Crippen LogP contribution is 2.23. The predicted octanol–water partition coefficient (Wildman–Crippen LogP) is -1.25. The number of fused-ring (bicyclic) bond motifs is 1. The van der Waals surface area contributed by atoms with Gasteiger partial charge in [-0.25, -0.2) is 9.13 Å². The van der Waals surface area contributed by atoms with E-state index in [1.165, 1.54) is 0 Å². The molecule has 1 fully saturated rings. The van der Waals surface area contributed by atoms with E-state index in [0.717, 1.165) is 29.9 Å². The molecular formula is C29H49N4O8+. The van der Waals surface area contributed by atoms with Crippen LogP contribution in [0.15, 0.2) is 18.2 Å². The standard InChI is InChI=1S/C29H49N4O8/c1-4-32-19(3)33(5-2)25-14-20(6-7-24(25)32)29(41)30-11-8-21(16-30)31(17-23(37)15-22(36)9-12-34)18-27(39)28(40)26(38)10-13-35/h6-7,14,21-23,26-28,34-40H,4-5,8-13,15-18H2,1-3H3/q+1/t21?,22?,23-,26?,27+,28?/m1/s1. The maximum Gasteiger partial charge on any atom is 0.254 e. The fourth-order valence-electron chi connectivity index (χ4n) is 6.01. The van der Waals surface area contributed by atoms with Gasteiger partial charge in [-0.3, -0.25) is 9.69 Å². The topological polar surface area (TPSA) is 174 Å². The number of benzene rings is 1. The predicted molar refractivity (Wildman–Crippen MR) is 152 cm³/mol. The van der Waals surface area contributed by atoms with Gasteiger partial charge in [0.25, 0.3) is 11.7 Å². The van der Waals surface area contributed by atoms with Crippen molar-refractivity contribution in [2.45, 2.75) is 96.1 Å². The molecule has 6 atom stereocenters. The molecule has 3 rings (SSSR count). The largest absolute Gasteiger partial charge is 0.396 e. The second-order valence-electron chi connectivity index (χ2n) is 11.1. The second-order valence-corrected chi connectivity index (χ2v) is 11.1. The van der Waals surface area contributed by atoms with Crippen LogP contribution in [0.1, 0.15) is 55.7 Å². The zero-order chi connectivity index (χ0) is 30.3. The number of amides is 1. The monoisotopic (exact) mass is 581 g/mol. The first-order chi connectivity index (χ1) is 19.6. The molecule has 0 saturated carbocycles. The summed E-state index contributed by atoms with van der Waals surface area (Å²) in [6.07, 6.45) is -5.44. The molecule has 1 aliphatic heterocycles. The van der Waals surface area contributed by atoms with Gasteiger partial charge in [-0.1, -0.05) is 0 Å². The van der Waals surface area contributed by atoms with Gasteiger partial charge in [-0.2, -0.15) is 0 Å². The highest BCUT2D eigenvalue weighted by molar-refractivity contribution is 5.97. The molecule has 0 aliphatic carbocycles. The Balaban J connectivity index is 1.77. The highest BCUT2D eigenvalue weighted by atomic mass is 16.4. The lowest BCUT2D eigenvalue weighted by Gasteiger charge is -2.34. The van der Waals surface area contributed by atoms with E-state index in [-0.39, 0.29) is 57.5 Å². The van der Waals surface area contributed by atoms with Crippen molar-refractivity contribution in [2.24, 2.45) is 0 Å². The fraction of sp³-hybridized carbons (Fsp3) is 0.724. The number of carbonyl (C=O) groups is 1. The molecule has 232 valence electrons. The summed E-state index contributed by atoms with van der Waals surface area (Å²) in [5.41, 5.74) is 2.65. The molecule has 0 radical (unpaired) electrons. The minimum absolute atomic E-state index is 0.0203. The van der Waals surface area contributed by atoms with Crippen LogP contribution in [0.3, 0.4) is 0 Å². The Morgan fingerprint density at radius 2 is 1.73 bits per heavy atom. The van der Waals surface area contributed by atoms with Crippen LogP contribution in [0.5, 0.6) is 0 Å². The molecule has 0 spiro atoms. The van der Waals surface area contributed by atoms with E-state index < -0.39 is 30.5 Å². The molecule has 7 N–H and O–H groups in total. The molecule has 1 aromatic heterocycles. The lowest BCUT2D eigenvalue weighted by Crippen LogP contribution is -2.51. The van der Waals surface area contributed by atoms with E-state index in [9.17, 15) is 30.3 Å². The molecule has 2 aromatic rings. The summed E-state index contributed by atoms with van der Waals surface area (Å²) in [6.45, 7) is 8.07. The van der Waals surface area contributed by atoms with Crippen molar-refractivity contribution < 1.29 is 45.1 Å². The van der Waals surface area contributed by atoms with Crippen molar-refractivity contribution in [2.75, 3.05) is 39.4 Å². The van der Waals surface area contributed by atoms with Gasteiger partial charge in [0.15, 0.2) is 11.0 Å². The van der Waals surface area contributed by atoms with Crippen LogP contribution in [0.25, 0.3) is 11.0 Å². The summed E-state index contributed by atoms with van der Waals surface area (Å²) >= 11 is 0. The van der Waals surface area contributed by atoms with E-state index in [2.05, 4.69) is 29.9 Å². The Morgan fingerprint density at radius 1 is 1.02 bits per heavy atom. The van der Waals surface area contributed by atoms with Gasteiger partial charge in [0.1, 0.15) is 6.10 Å². The minimum Gasteiger partial charge on any atom is -0.396 e. The summed E-state index contributed by atoms with van der Waals surface area (Å²) in [5.74, 6) is 1.01. The number of likely N-dealkylation sites (tertiary alicyclic amines) is 1. The average molecular weight is 582 g/mol. The highest BCUT2D eigenvalue weighted by Gasteiger charge is 2.35. The van der Waals surface area contributed by atoms with Crippen LogP contribution < -0.4 is 4.57 Å². The first-order valence-electron chi connectivity index (χ1n) is 14.7. The van der Waals surface area contributed by atoms with E-state index in [1.807, 2.05) is 18.2 Å². The number of aliphatic hydroxyl groups is 7. The number of rotatable bonds is 16. The molecule has 1 amide bonds. The first kappa shape index (κ1) is 33.3. The quantitative estimate of drug-likeness (QED) is 0.120. The van der Waals surface area contributed by atoms with Crippen molar-refractivity contribution >= 4 is 16.9 Å². The Morgan fingerprint density at radius 3 is 2.37 bits per heavy atom. The number of imidazole rings is 1. The normalized spacial score (nSPS) is 19.6. The number of hydrogen-bond acceptors (Lipinski definition) is 9. The van der Waals surface area contributed by atoms with Crippen LogP contribution in [-0.2, 0) is 13.1 Å². The smallest absolute Gasteiger partial charge is 0.254 e. The van der Waals surface area contributed by atoms with Gasteiger partial charge < -0.3 is 40.6 Å². The third-order valence-corrected chi connectivity index (χ3v) is 8.27. The van der Waals surface area contributed by atoms with Crippen LogP contribution in [0.4, 0.5) is 0 Å². The molecule has 4 unspecified atom stereocenters. The third-order valence-electron chi connectivity index (χ3n) is 8.27. The van der Waals surface area contributed by atoms with Gasteiger partial charge in [-0.15, -0.1) is 0 Å². The Bertz CT molecular complexity index is 1130. The van der Waals surface area contributed by atoms with Crippen molar-refractivity contribution in [3.63, 3.8) is 0 Å². The first-order valence-corrected chi connectivity index (χ1v) is 14.7. The van der Waals surface area contributed by atoms with Crippen LogP contribution >= 0.6 is 0 Å². The average Bonchev–Trinajstić information content (AvgIpc) is 3.53. The molecule has 1 saturated heterocycles. The number of aryl methyl sites for hydroxylation is 2. The number of hydrogen-bond donors (Lipinski definition) is 7. The van der Waals surface area contributed by atoms with Crippen molar-refractivity contribution in [3.05, 3.63) is 29.6 Å². The second kappa shape index (κ2) is 15.4. The van der Waals surface area contributed by atoms with E-state index in [4.69, 9.17) is 10.2 Å². The van der Waals surface area contributed by atoms with Crippen LogP contribution in [0, 0.1) is 6.92 Å². The molecule has 41 heavy (non-hydrogen) atoms. The van der Waals surface area contributed by atoms with Gasteiger partial charge in [0.2, 0.25) is 0 Å². The van der Waals surface area contributed by atoms with Gasteiger partial charge in [-0.05, 0) is 45.2 Å². The van der Waals surface area contributed by atoms with Crippen molar-refractivity contribution in [1.82, 2.24) is 14.4 Å². The summed E-state index contributed by atoms with van der Waals surface area (Å²) in [4.78, 5) is 17.1. The van der Waals surface area contributed by atoms with Crippen LogP contribution in [-0.4, -0.2) is 132 Å². The van der Waals surface area contributed by atoms with Gasteiger partial charge >= 0.3 is 0 Å². The Hall–Kier alpha value is -2.16. The lowest BCUT2D eigenvalue weighted by molar-refractivity contribution is -0.674. The van der Waals surface area contributed by atoms with Gasteiger partial charge in [0, 0.05) is 70.4 Å². The summed E-state index contributed by atoms with van der Waals surface area (Å²) < 4.78 is 4.41. The minimum atomic E-state index is -1.50. The summed E-state index contributed by atoms with van der Waals surface area (Å²) in [7, 11) is 0. The zero-order valence-electron chi connectivity index (χ0n) is 24.5. The maximum atomic E-state index is 13.6. The fourth-order valence-corrected chi connectivity index (χ4v) is 6.01. The number of aromatic nitrogens is 2. The number of nitrogens with zero attached hydrogens (tertiary/aromatic N) is 4. The van der Waals surface area contributed by atoms with E-state index in [0.29, 0.717) is 25.1 Å². The molecule has 2 heterocycles. The van der Waals surface area contributed by atoms with Crippen molar-refractivity contribution in [3.8, 4) is 0 Å². The Labute approximate surface area is 241 Å². The summed E-state index contributed by atoms with van der Waals surface area (Å²) in [6, 6.07) is 5.51. The van der Waals surface area contributed by atoms with Crippen molar-refractivity contribution in [1.29, 1.82) is 0 Å². The number of carbonyl (C=O) groups excluding carboxylic acids is 1. The molecule has 12 heteroatoms. The third kappa shape index (κ3) is 8.02. The molecule has 0 bridgehead atoms. The van der Waals surface area contributed by atoms with Gasteiger partial charge in [0.05, 0.1) is 37.5 Å². The molecular weight excluding hydrogens is 532 g/mol. The SMILES string of the molecule is CCn1c(C)[n+](CC)c2ccc(C(=O)N3CCC(N(C[C@H](O)CC(O)CCO)C[C@H](O)C(O)C(O)CCO)C3)cc21. The number of aliphatic hydroxyl groups excluding tert-OH is 7. The molecule has 1 aliphatic rings. The zero-order valence-corrected chi connectivity index (χ0v) is 24.5. The summed E-state index contributed by atoms with van der Waals surface area (Å²) in [5, 5.41) is 70.0. The van der Waals surface area contributed by atoms with Crippen LogP contribution in [0.2, 0.25) is 0 Å². The van der Waals surface area contributed by atoms with E-state index >= 15 is 0 Å². The molecule has 1 aromatic carbocycles. The Kier molecular flexibility index (Phi) is 12.5. The molecule has 12 nitrogen and oxygen atoms in total. The van der Waals surface area contributed by atoms with E-state index in [1.54, 1.807) is 9.80 Å². The maximum absolute atomic E-state index is 13.6.